The molecule has 0 radical (unpaired) electrons. The molecule has 2 N–H and O–H groups in total. The highest BCUT2D eigenvalue weighted by molar-refractivity contribution is 5.77. The summed E-state index contributed by atoms with van der Waals surface area (Å²) in [5.41, 5.74) is 0.900. The van der Waals surface area contributed by atoms with Crippen LogP contribution in [0.2, 0.25) is 0 Å². The summed E-state index contributed by atoms with van der Waals surface area (Å²) in [7, 11) is 1.63. The van der Waals surface area contributed by atoms with E-state index >= 15 is 0 Å². The molecular formula is C14H21NO4. The lowest BCUT2D eigenvalue weighted by Crippen LogP contribution is -2.30. The Labute approximate surface area is 113 Å². The van der Waals surface area contributed by atoms with E-state index in [0.717, 1.165) is 12.0 Å². The van der Waals surface area contributed by atoms with Crippen molar-refractivity contribution in [1.29, 1.82) is 0 Å². The van der Waals surface area contributed by atoms with E-state index < -0.39 is 0 Å². The van der Waals surface area contributed by atoms with Crippen LogP contribution in [0.1, 0.15) is 12.0 Å². The molecule has 0 aromatic heterocycles. The van der Waals surface area contributed by atoms with E-state index in [-0.39, 0.29) is 19.1 Å². The van der Waals surface area contributed by atoms with Crippen LogP contribution in [0.3, 0.4) is 0 Å². The summed E-state index contributed by atoms with van der Waals surface area (Å²) in [4.78, 5) is 11.5. The lowest BCUT2D eigenvalue weighted by atomic mass is 10.1. The molecule has 5 heteroatoms. The molecule has 0 saturated heterocycles. The maximum atomic E-state index is 11.5. The monoisotopic (exact) mass is 267 g/mol. The molecule has 0 aliphatic rings. The molecule has 0 fully saturated rings. The van der Waals surface area contributed by atoms with E-state index in [1.54, 1.807) is 13.2 Å². The largest absolute Gasteiger partial charge is 0.483 e. The third-order valence-corrected chi connectivity index (χ3v) is 2.56. The van der Waals surface area contributed by atoms with Crippen LogP contribution in [0.15, 0.2) is 24.3 Å². The van der Waals surface area contributed by atoms with Gasteiger partial charge in [-0.25, -0.2) is 0 Å². The number of hydrogen-bond donors (Lipinski definition) is 2. The summed E-state index contributed by atoms with van der Waals surface area (Å²) in [5.74, 6) is 0.485. The Morgan fingerprint density at radius 3 is 2.89 bits per heavy atom. The van der Waals surface area contributed by atoms with E-state index in [0.29, 0.717) is 25.3 Å². The first-order valence-corrected chi connectivity index (χ1v) is 6.35. The van der Waals surface area contributed by atoms with Crippen molar-refractivity contribution in [3.63, 3.8) is 0 Å². The third kappa shape index (κ3) is 6.22. The number of rotatable bonds is 9. The highest BCUT2D eigenvalue weighted by atomic mass is 16.5. The van der Waals surface area contributed by atoms with Gasteiger partial charge in [0, 0.05) is 26.9 Å². The van der Waals surface area contributed by atoms with Gasteiger partial charge in [-0.3, -0.25) is 4.79 Å². The van der Waals surface area contributed by atoms with Crippen molar-refractivity contribution >= 4 is 5.91 Å². The SMILES string of the molecule is COCCCNC(=O)COc1ccccc1CCO. The fraction of sp³-hybridized carbons (Fsp3) is 0.500. The summed E-state index contributed by atoms with van der Waals surface area (Å²) in [6.45, 7) is 1.24. The topological polar surface area (TPSA) is 67.8 Å². The van der Waals surface area contributed by atoms with Crippen molar-refractivity contribution in [2.24, 2.45) is 0 Å². The van der Waals surface area contributed by atoms with Gasteiger partial charge in [0.25, 0.3) is 5.91 Å². The van der Waals surface area contributed by atoms with Crippen LogP contribution in [0.25, 0.3) is 0 Å². The minimum absolute atomic E-state index is 0.0184. The van der Waals surface area contributed by atoms with Crippen LogP contribution in [0.4, 0.5) is 0 Å². The zero-order chi connectivity index (χ0) is 13.9. The minimum atomic E-state index is -0.157. The van der Waals surface area contributed by atoms with Crippen LogP contribution < -0.4 is 10.1 Å². The van der Waals surface area contributed by atoms with Crippen LogP contribution in [-0.4, -0.2) is 44.5 Å². The van der Waals surface area contributed by atoms with Crippen molar-refractivity contribution in [2.45, 2.75) is 12.8 Å². The standard InChI is InChI=1S/C14H21NO4/c1-18-10-4-8-15-14(17)11-19-13-6-3-2-5-12(13)7-9-16/h2-3,5-6,16H,4,7-11H2,1H3,(H,15,17). The number of amides is 1. The second-order valence-electron chi connectivity index (χ2n) is 4.07. The van der Waals surface area contributed by atoms with Gasteiger partial charge < -0.3 is 19.9 Å². The molecule has 0 aliphatic carbocycles. The number of methoxy groups -OCH3 is 1. The van der Waals surface area contributed by atoms with Crippen molar-refractivity contribution in [2.75, 3.05) is 33.5 Å². The van der Waals surface area contributed by atoms with E-state index in [1.807, 2.05) is 18.2 Å². The Bertz CT molecular complexity index is 381. The van der Waals surface area contributed by atoms with E-state index in [2.05, 4.69) is 5.32 Å². The number of aliphatic hydroxyl groups excluding tert-OH is 1. The van der Waals surface area contributed by atoms with Gasteiger partial charge in [-0.2, -0.15) is 0 Å². The first-order chi connectivity index (χ1) is 9.27. The summed E-state index contributed by atoms with van der Waals surface area (Å²) < 4.78 is 10.3. The molecule has 1 aromatic carbocycles. The predicted molar refractivity (Wildman–Crippen MR) is 72.2 cm³/mol. The van der Waals surface area contributed by atoms with Crippen LogP contribution in [0.5, 0.6) is 5.75 Å². The maximum Gasteiger partial charge on any atom is 0.257 e. The fourth-order valence-corrected chi connectivity index (χ4v) is 1.61. The molecule has 19 heavy (non-hydrogen) atoms. The van der Waals surface area contributed by atoms with E-state index in [9.17, 15) is 4.79 Å². The molecule has 0 bridgehead atoms. The number of hydrogen-bond acceptors (Lipinski definition) is 4. The highest BCUT2D eigenvalue weighted by Gasteiger charge is 2.05. The predicted octanol–water partition coefficient (Wildman–Crippen LogP) is 0.753. The molecular weight excluding hydrogens is 246 g/mol. The van der Waals surface area contributed by atoms with Gasteiger partial charge in [-0.1, -0.05) is 18.2 Å². The molecule has 1 aromatic rings. The molecule has 5 nitrogen and oxygen atoms in total. The molecule has 0 aliphatic heterocycles. The zero-order valence-corrected chi connectivity index (χ0v) is 11.2. The number of aliphatic hydroxyl groups is 1. The van der Waals surface area contributed by atoms with Crippen molar-refractivity contribution in [1.82, 2.24) is 5.32 Å². The Kier molecular flexibility index (Phi) is 7.62. The van der Waals surface area contributed by atoms with Gasteiger partial charge >= 0.3 is 0 Å². The van der Waals surface area contributed by atoms with Crippen molar-refractivity contribution in [3.05, 3.63) is 29.8 Å². The highest BCUT2D eigenvalue weighted by Crippen LogP contribution is 2.17. The van der Waals surface area contributed by atoms with Gasteiger partial charge in [0.15, 0.2) is 6.61 Å². The Hall–Kier alpha value is -1.59. The average Bonchev–Trinajstić information content (AvgIpc) is 2.43. The first-order valence-electron chi connectivity index (χ1n) is 6.35. The van der Waals surface area contributed by atoms with Gasteiger partial charge in [-0.05, 0) is 24.5 Å². The number of benzene rings is 1. The van der Waals surface area contributed by atoms with Crippen LogP contribution >= 0.6 is 0 Å². The van der Waals surface area contributed by atoms with Gasteiger partial charge in [0.05, 0.1) is 0 Å². The fourth-order valence-electron chi connectivity index (χ4n) is 1.61. The quantitative estimate of drug-likeness (QED) is 0.648. The second-order valence-corrected chi connectivity index (χ2v) is 4.07. The summed E-state index contributed by atoms with van der Waals surface area (Å²) in [6.07, 6.45) is 1.30. The number of carbonyl (C=O) groups is 1. The van der Waals surface area contributed by atoms with E-state index in [1.165, 1.54) is 0 Å². The van der Waals surface area contributed by atoms with Gasteiger partial charge in [0.1, 0.15) is 5.75 Å². The lowest BCUT2D eigenvalue weighted by Gasteiger charge is -2.10. The number of para-hydroxylation sites is 1. The van der Waals surface area contributed by atoms with Gasteiger partial charge in [0.2, 0.25) is 0 Å². The second kappa shape index (κ2) is 9.35. The Morgan fingerprint density at radius 2 is 2.16 bits per heavy atom. The average molecular weight is 267 g/mol. The lowest BCUT2D eigenvalue weighted by molar-refractivity contribution is -0.123. The van der Waals surface area contributed by atoms with Gasteiger partial charge in [-0.15, -0.1) is 0 Å². The minimum Gasteiger partial charge on any atom is -0.483 e. The van der Waals surface area contributed by atoms with Crippen molar-refractivity contribution < 1.29 is 19.4 Å². The molecule has 1 amide bonds. The summed E-state index contributed by atoms with van der Waals surface area (Å²) in [5, 5.41) is 11.7. The summed E-state index contributed by atoms with van der Waals surface area (Å²) in [6, 6.07) is 7.39. The van der Waals surface area contributed by atoms with Crippen LogP contribution in [0, 0.1) is 0 Å². The number of carbonyl (C=O) groups excluding carboxylic acids is 1. The molecule has 0 saturated carbocycles. The Balaban J connectivity index is 2.33. The molecule has 0 unspecified atom stereocenters. The number of ether oxygens (including phenoxy) is 2. The normalized spacial score (nSPS) is 10.2. The number of nitrogens with one attached hydrogen (secondary N) is 1. The Morgan fingerprint density at radius 1 is 1.37 bits per heavy atom. The molecule has 0 atom stereocenters. The zero-order valence-electron chi connectivity index (χ0n) is 11.2. The van der Waals surface area contributed by atoms with E-state index in [4.69, 9.17) is 14.6 Å². The first kappa shape index (κ1) is 15.5. The van der Waals surface area contributed by atoms with Crippen LogP contribution in [-0.2, 0) is 16.0 Å². The molecule has 1 rings (SSSR count). The molecule has 0 spiro atoms. The summed E-state index contributed by atoms with van der Waals surface area (Å²) >= 11 is 0. The third-order valence-electron chi connectivity index (χ3n) is 2.56. The van der Waals surface area contributed by atoms with Crippen molar-refractivity contribution in [3.8, 4) is 5.75 Å². The smallest absolute Gasteiger partial charge is 0.257 e. The molecule has 0 heterocycles. The molecule has 106 valence electrons. The maximum absolute atomic E-state index is 11.5.